The van der Waals surface area contributed by atoms with E-state index in [2.05, 4.69) is 36.7 Å². The Balaban J connectivity index is 1.99. The monoisotopic (exact) mass is 490 g/mol. The van der Waals surface area contributed by atoms with E-state index in [9.17, 15) is 18.4 Å². The van der Waals surface area contributed by atoms with Gasteiger partial charge in [0.25, 0.3) is 0 Å². The van der Waals surface area contributed by atoms with Crippen LogP contribution in [0.5, 0.6) is 0 Å². The van der Waals surface area contributed by atoms with Gasteiger partial charge in [0.05, 0.1) is 0 Å². The first-order chi connectivity index (χ1) is 13.2. The Bertz CT molecular complexity index is 961. The SMILES string of the molecule is C[C@H](CSc1nonc1C(Cc1cccc(Br)c1)=NO)NC(=O)CS(C)(=O)=O. The molecule has 1 heterocycles. The lowest BCUT2D eigenvalue weighted by Gasteiger charge is -2.12. The van der Waals surface area contributed by atoms with Crippen LogP contribution in [0, 0.1) is 0 Å². The van der Waals surface area contributed by atoms with Gasteiger partial charge in [-0.25, -0.2) is 13.0 Å². The van der Waals surface area contributed by atoms with E-state index in [1.807, 2.05) is 24.3 Å². The van der Waals surface area contributed by atoms with Crippen molar-refractivity contribution < 1.29 is 23.0 Å². The third kappa shape index (κ3) is 7.24. The Labute approximate surface area is 175 Å². The number of hydrogen-bond acceptors (Lipinski definition) is 9. The van der Waals surface area contributed by atoms with Crippen molar-refractivity contribution >= 4 is 49.1 Å². The predicted molar refractivity (Wildman–Crippen MR) is 109 cm³/mol. The lowest BCUT2D eigenvalue weighted by molar-refractivity contribution is -0.119. The number of rotatable bonds is 9. The minimum Gasteiger partial charge on any atom is -0.411 e. The molecule has 1 amide bonds. The van der Waals surface area contributed by atoms with Crippen molar-refractivity contribution in [1.29, 1.82) is 0 Å². The maximum Gasteiger partial charge on any atom is 0.235 e. The second-order valence-electron chi connectivity index (χ2n) is 6.12. The molecule has 2 N–H and O–H groups in total. The first-order valence-electron chi connectivity index (χ1n) is 8.06. The fraction of sp³-hybridized carbons (Fsp3) is 0.375. The molecule has 152 valence electrons. The molecule has 9 nitrogen and oxygen atoms in total. The van der Waals surface area contributed by atoms with Gasteiger partial charge in [-0.05, 0) is 34.9 Å². The molecule has 1 aromatic carbocycles. The molecule has 1 aromatic heterocycles. The van der Waals surface area contributed by atoms with E-state index in [0.717, 1.165) is 16.3 Å². The highest BCUT2D eigenvalue weighted by Gasteiger charge is 2.20. The first kappa shape index (κ1) is 22.4. The summed E-state index contributed by atoms with van der Waals surface area (Å²) < 4.78 is 28.0. The molecule has 12 heteroatoms. The summed E-state index contributed by atoms with van der Waals surface area (Å²) in [5, 5.41) is 23.4. The summed E-state index contributed by atoms with van der Waals surface area (Å²) in [6.07, 6.45) is 1.32. The van der Waals surface area contributed by atoms with E-state index in [1.165, 1.54) is 11.8 Å². The number of thioether (sulfide) groups is 1. The molecule has 0 unspecified atom stereocenters. The molecule has 0 bridgehead atoms. The lowest BCUT2D eigenvalue weighted by Crippen LogP contribution is -2.37. The Morgan fingerprint density at radius 3 is 2.82 bits per heavy atom. The van der Waals surface area contributed by atoms with E-state index in [1.54, 1.807) is 6.92 Å². The number of carbonyl (C=O) groups excluding carboxylic acids is 1. The number of nitrogens with zero attached hydrogens (tertiary/aromatic N) is 3. The number of aromatic nitrogens is 2. The van der Waals surface area contributed by atoms with Gasteiger partial charge in [0.1, 0.15) is 11.5 Å². The first-order valence-corrected chi connectivity index (χ1v) is 11.9. The fourth-order valence-electron chi connectivity index (χ4n) is 2.26. The normalized spacial score (nSPS) is 13.3. The van der Waals surface area contributed by atoms with Crippen LogP contribution in [-0.2, 0) is 21.1 Å². The van der Waals surface area contributed by atoms with Crippen molar-refractivity contribution in [2.24, 2.45) is 5.16 Å². The second kappa shape index (κ2) is 10.0. The topological polar surface area (TPSA) is 135 Å². The van der Waals surface area contributed by atoms with Gasteiger partial charge in [-0.15, -0.1) is 0 Å². The maximum atomic E-state index is 11.7. The molecule has 2 aromatic rings. The van der Waals surface area contributed by atoms with Gasteiger partial charge in [-0.1, -0.05) is 45.0 Å². The molecule has 0 aliphatic rings. The maximum absolute atomic E-state index is 11.7. The molecule has 0 fully saturated rings. The van der Waals surface area contributed by atoms with Crippen molar-refractivity contribution in [2.45, 2.75) is 24.4 Å². The van der Waals surface area contributed by atoms with Crippen LogP contribution in [0.25, 0.3) is 0 Å². The number of sulfone groups is 1. The molecular formula is C16H19BrN4O5S2. The molecule has 0 radical (unpaired) electrons. The van der Waals surface area contributed by atoms with Gasteiger partial charge in [0.2, 0.25) is 5.91 Å². The molecule has 28 heavy (non-hydrogen) atoms. The fourth-order valence-corrected chi connectivity index (χ4v) is 4.13. The Hall–Kier alpha value is -1.92. The highest BCUT2D eigenvalue weighted by Crippen LogP contribution is 2.22. The molecule has 0 aliphatic carbocycles. The number of benzene rings is 1. The Morgan fingerprint density at radius 2 is 2.18 bits per heavy atom. The smallest absolute Gasteiger partial charge is 0.235 e. The summed E-state index contributed by atoms with van der Waals surface area (Å²) in [4.78, 5) is 11.7. The molecule has 0 saturated heterocycles. The number of hydrogen-bond donors (Lipinski definition) is 2. The van der Waals surface area contributed by atoms with Crippen LogP contribution in [-0.4, -0.2) is 59.4 Å². The van der Waals surface area contributed by atoms with Crippen molar-refractivity contribution in [2.75, 3.05) is 17.8 Å². The molecule has 1 atom stereocenters. The number of oxime groups is 1. The Kier molecular flexibility index (Phi) is 8.01. The van der Waals surface area contributed by atoms with Crippen molar-refractivity contribution in [3.8, 4) is 0 Å². The summed E-state index contributed by atoms with van der Waals surface area (Å²) in [6.45, 7) is 1.74. The number of amides is 1. The van der Waals surface area contributed by atoms with Gasteiger partial charge in [0, 0.05) is 28.9 Å². The number of halogens is 1. The zero-order valence-corrected chi connectivity index (χ0v) is 18.3. The van der Waals surface area contributed by atoms with Crippen LogP contribution < -0.4 is 5.32 Å². The average Bonchev–Trinajstić information content (AvgIpc) is 3.04. The lowest BCUT2D eigenvalue weighted by atomic mass is 10.1. The van der Waals surface area contributed by atoms with E-state index >= 15 is 0 Å². The van der Waals surface area contributed by atoms with Crippen molar-refractivity contribution in [1.82, 2.24) is 15.6 Å². The largest absolute Gasteiger partial charge is 0.411 e. The number of carbonyl (C=O) groups is 1. The van der Waals surface area contributed by atoms with Crippen LogP contribution in [0.3, 0.4) is 0 Å². The molecule has 0 aliphatic heterocycles. The molecule has 0 spiro atoms. The van der Waals surface area contributed by atoms with Gasteiger partial charge >= 0.3 is 0 Å². The zero-order chi connectivity index (χ0) is 20.7. The van der Waals surface area contributed by atoms with E-state index in [0.29, 0.717) is 22.9 Å². The zero-order valence-electron chi connectivity index (χ0n) is 15.1. The third-order valence-corrected chi connectivity index (χ3v) is 5.87. The summed E-state index contributed by atoms with van der Waals surface area (Å²) in [5.74, 6) is -0.736. The third-order valence-electron chi connectivity index (χ3n) is 3.38. The van der Waals surface area contributed by atoms with Crippen LogP contribution in [0.4, 0.5) is 0 Å². The predicted octanol–water partition coefficient (Wildman–Crippen LogP) is 1.89. The molecular weight excluding hydrogens is 472 g/mol. The number of nitrogens with one attached hydrogen (secondary N) is 1. The quantitative estimate of drug-likeness (QED) is 0.235. The van der Waals surface area contributed by atoms with Crippen LogP contribution in [0.2, 0.25) is 0 Å². The molecule has 0 saturated carbocycles. The van der Waals surface area contributed by atoms with E-state index in [4.69, 9.17) is 4.63 Å². The second-order valence-corrected chi connectivity index (χ2v) is 10.2. The van der Waals surface area contributed by atoms with Gasteiger partial charge in [-0.2, -0.15) is 0 Å². The van der Waals surface area contributed by atoms with Crippen LogP contribution >= 0.6 is 27.7 Å². The Morgan fingerprint density at radius 1 is 1.43 bits per heavy atom. The van der Waals surface area contributed by atoms with Gasteiger partial charge < -0.3 is 10.5 Å². The minimum atomic E-state index is -3.38. The van der Waals surface area contributed by atoms with E-state index < -0.39 is 21.5 Å². The summed E-state index contributed by atoms with van der Waals surface area (Å²) in [7, 11) is -3.38. The van der Waals surface area contributed by atoms with Gasteiger partial charge in [0.15, 0.2) is 20.6 Å². The van der Waals surface area contributed by atoms with Crippen molar-refractivity contribution in [3.05, 3.63) is 40.0 Å². The standard InChI is InChI=1S/C16H19BrN4O5S2/c1-10(18-14(22)9-28(2,24)25)8-27-16-15(20-26-21-16)13(19-23)7-11-4-3-5-12(17)6-11/h3-6,10,23H,7-9H2,1-2H3,(H,18,22)/t10-/m1/s1. The minimum absolute atomic E-state index is 0.288. The van der Waals surface area contributed by atoms with E-state index in [-0.39, 0.29) is 11.8 Å². The van der Waals surface area contributed by atoms with Crippen LogP contribution in [0.15, 0.2) is 43.5 Å². The highest BCUT2D eigenvalue weighted by atomic mass is 79.9. The summed E-state index contributed by atoms with van der Waals surface area (Å²) >= 11 is 4.64. The summed E-state index contributed by atoms with van der Waals surface area (Å²) in [6, 6.07) is 7.22. The molecule has 2 rings (SSSR count). The van der Waals surface area contributed by atoms with Crippen LogP contribution in [0.1, 0.15) is 18.2 Å². The van der Waals surface area contributed by atoms with Crippen molar-refractivity contribution in [3.63, 3.8) is 0 Å². The average molecular weight is 491 g/mol. The van der Waals surface area contributed by atoms with Gasteiger partial charge in [-0.3, -0.25) is 4.79 Å². The summed E-state index contributed by atoms with van der Waals surface area (Å²) in [5.41, 5.74) is 1.50. The highest BCUT2D eigenvalue weighted by molar-refractivity contribution is 9.10.